The molecule has 0 spiro atoms. The molecule has 0 amide bonds. The van der Waals surface area contributed by atoms with Crippen molar-refractivity contribution in [2.24, 2.45) is 0 Å². The predicted octanol–water partition coefficient (Wildman–Crippen LogP) is 2.43. The average Bonchev–Trinajstić information content (AvgIpc) is 2.93. The lowest BCUT2D eigenvalue weighted by molar-refractivity contribution is 1.27. The number of thiazole rings is 1. The zero-order chi connectivity index (χ0) is 11.8. The molecule has 0 aliphatic rings. The fourth-order valence-corrected chi connectivity index (χ4v) is 2.34. The quantitative estimate of drug-likeness (QED) is 0.727. The Morgan fingerprint density at radius 2 is 2.18 bits per heavy atom. The lowest BCUT2D eigenvalue weighted by Gasteiger charge is -1.95. The van der Waals surface area contributed by atoms with Crippen LogP contribution >= 0.6 is 11.3 Å². The van der Waals surface area contributed by atoms with Crippen LogP contribution in [0.1, 0.15) is 5.01 Å². The van der Waals surface area contributed by atoms with E-state index < -0.39 is 0 Å². The van der Waals surface area contributed by atoms with Gasteiger partial charge in [-0.2, -0.15) is 0 Å². The third-order valence-corrected chi connectivity index (χ3v) is 3.38. The van der Waals surface area contributed by atoms with Gasteiger partial charge >= 0.3 is 0 Å². The Morgan fingerprint density at radius 1 is 1.29 bits per heavy atom. The number of hydrogen-bond acceptors (Lipinski definition) is 5. The monoisotopic (exact) mass is 245 g/mol. The normalized spacial score (nSPS) is 10.9. The van der Waals surface area contributed by atoms with E-state index in [1.165, 1.54) is 0 Å². The molecular formula is C11H11N5S. The SMILES string of the molecule is CNc1ccc2[nH]c(-c3cnc(C)s3)nc2n1. The third-order valence-electron chi connectivity index (χ3n) is 2.46. The highest BCUT2D eigenvalue weighted by molar-refractivity contribution is 7.14. The molecule has 0 fully saturated rings. The standard InChI is InChI=1S/C11H11N5S/c1-6-13-5-8(17-6)11-14-7-3-4-9(12-2)15-10(7)16-11/h3-5H,1-2H3,(H2,12,14,15,16). The van der Waals surface area contributed by atoms with Crippen molar-refractivity contribution in [2.45, 2.75) is 6.92 Å². The van der Waals surface area contributed by atoms with Gasteiger partial charge in [0.25, 0.3) is 0 Å². The summed E-state index contributed by atoms with van der Waals surface area (Å²) in [6.45, 7) is 1.98. The average molecular weight is 245 g/mol. The van der Waals surface area contributed by atoms with Crippen LogP contribution in [0.25, 0.3) is 21.9 Å². The molecule has 5 nitrogen and oxygen atoms in total. The molecule has 3 rings (SSSR count). The van der Waals surface area contributed by atoms with Crippen LogP contribution in [0, 0.1) is 6.92 Å². The van der Waals surface area contributed by atoms with Gasteiger partial charge in [0.05, 0.1) is 15.4 Å². The number of aryl methyl sites for hydroxylation is 1. The number of fused-ring (bicyclic) bond motifs is 1. The van der Waals surface area contributed by atoms with Crippen molar-refractivity contribution < 1.29 is 0 Å². The summed E-state index contributed by atoms with van der Waals surface area (Å²) in [4.78, 5) is 17.3. The van der Waals surface area contributed by atoms with Crippen LogP contribution in [-0.4, -0.2) is 27.0 Å². The first kappa shape index (κ1) is 10.2. The molecular weight excluding hydrogens is 234 g/mol. The highest BCUT2D eigenvalue weighted by Crippen LogP contribution is 2.25. The van der Waals surface area contributed by atoms with Gasteiger partial charge in [-0.15, -0.1) is 11.3 Å². The summed E-state index contributed by atoms with van der Waals surface area (Å²) in [6, 6.07) is 3.89. The number of hydrogen-bond donors (Lipinski definition) is 2. The van der Waals surface area contributed by atoms with Gasteiger partial charge < -0.3 is 10.3 Å². The molecule has 86 valence electrons. The maximum atomic E-state index is 4.47. The summed E-state index contributed by atoms with van der Waals surface area (Å²) in [5, 5.41) is 4.03. The van der Waals surface area contributed by atoms with Gasteiger partial charge in [-0.3, -0.25) is 0 Å². The summed E-state index contributed by atoms with van der Waals surface area (Å²) in [5.41, 5.74) is 1.66. The van der Waals surface area contributed by atoms with Crippen LogP contribution in [0.2, 0.25) is 0 Å². The first-order valence-corrected chi connectivity index (χ1v) is 6.05. The van der Waals surface area contributed by atoms with Crippen LogP contribution in [0.5, 0.6) is 0 Å². The minimum Gasteiger partial charge on any atom is -0.373 e. The second-order valence-electron chi connectivity index (χ2n) is 3.65. The number of nitrogens with one attached hydrogen (secondary N) is 2. The van der Waals surface area contributed by atoms with E-state index in [1.54, 1.807) is 11.3 Å². The zero-order valence-electron chi connectivity index (χ0n) is 9.48. The summed E-state index contributed by atoms with van der Waals surface area (Å²) >= 11 is 1.62. The molecule has 3 aromatic rings. The molecule has 0 unspecified atom stereocenters. The lowest BCUT2D eigenvalue weighted by atomic mass is 10.4. The van der Waals surface area contributed by atoms with Crippen molar-refractivity contribution in [1.29, 1.82) is 0 Å². The maximum absolute atomic E-state index is 4.47. The molecule has 17 heavy (non-hydrogen) atoms. The summed E-state index contributed by atoms with van der Waals surface area (Å²) in [6.07, 6.45) is 1.83. The fourth-order valence-electron chi connectivity index (χ4n) is 1.62. The van der Waals surface area contributed by atoms with Gasteiger partial charge in [0.2, 0.25) is 0 Å². The number of imidazole rings is 1. The highest BCUT2D eigenvalue weighted by atomic mass is 32.1. The molecule has 6 heteroatoms. The lowest BCUT2D eigenvalue weighted by Crippen LogP contribution is -1.91. The van der Waals surface area contributed by atoms with Gasteiger partial charge in [0.15, 0.2) is 11.5 Å². The summed E-state index contributed by atoms with van der Waals surface area (Å²) < 4.78 is 0. The first-order valence-electron chi connectivity index (χ1n) is 5.23. The summed E-state index contributed by atoms with van der Waals surface area (Å²) in [5.74, 6) is 1.64. The van der Waals surface area contributed by atoms with Gasteiger partial charge in [-0.1, -0.05) is 0 Å². The van der Waals surface area contributed by atoms with Crippen molar-refractivity contribution in [3.8, 4) is 10.7 Å². The molecule has 0 aromatic carbocycles. The number of H-pyrrole nitrogens is 1. The molecule has 3 heterocycles. The van der Waals surface area contributed by atoms with E-state index in [-0.39, 0.29) is 0 Å². The first-order chi connectivity index (χ1) is 8.26. The Morgan fingerprint density at radius 3 is 2.88 bits per heavy atom. The van der Waals surface area contributed by atoms with Crippen molar-refractivity contribution in [2.75, 3.05) is 12.4 Å². The van der Waals surface area contributed by atoms with E-state index in [2.05, 4.69) is 25.3 Å². The second kappa shape index (κ2) is 3.81. The van der Waals surface area contributed by atoms with E-state index in [0.29, 0.717) is 0 Å². The van der Waals surface area contributed by atoms with Crippen LogP contribution in [0.3, 0.4) is 0 Å². The largest absolute Gasteiger partial charge is 0.373 e. The van der Waals surface area contributed by atoms with Gasteiger partial charge in [0.1, 0.15) is 5.82 Å². The molecule has 0 aliphatic heterocycles. The molecule has 0 atom stereocenters. The minimum atomic E-state index is 0.720. The number of nitrogens with zero attached hydrogens (tertiary/aromatic N) is 3. The van der Waals surface area contributed by atoms with Gasteiger partial charge in [-0.25, -0.2) is 15.0 Å². The third kappa shape index (κ3) is 1.76. The Kier molecular flexibility index (Phi) is 2.29. The maximum Gasteiger partial charge on any atom is 0.180 e. The van der Waals surface area contributed by atoms with Gasteiger partial charge in [0, 0.05) is 13.2 Å². The second-order valence-corrected chi connectivity index (χ2v) is 4.88. The van der Waals surface area contributed by atoms with Crippen molar-refractivity contribution >= 4 is 28.3 Å². The minimum absolute atomic E-state index is 0.720. The highest BCUT2D eigenvalue weighted by Gasteiger charge is 2.09. The fraction of sp³-hybridized carbons (Fsp3) is 0.182. The Labute approximate surface area is 102 Å². The number of aromatic amines is 1. The number of anilines is 1. The number of aromatic nitrogens is 4. The molecule has 0 saturated heterocycles. The van der Waals surface area contributed by atoms with Crippen LogP contribution in [0.4, 0.5) is 5.82 Å². The Bertz CT molecular complexity index is 669. The van der Waals surface area contributed by atoms with Crippen LogP contribution in [0.15, 0.2) is 18.3 Å². The molecule has 3 aromatic heterocycles. The molecule has 0 aliphatic carbocycles. The van der Waals surface area contributed by atoms with E-state index in [4.69, 9.17) is 0 Å². The van der Waals surface area contributed by atoms with Crippen LogP contribution in [-0.2, 0) is 0 Å². The Balaban J connectivity index is 2.13. The Hall–Kier alpha value is -1.95. The number of rotatable bonds is 2. The smallest absolute Gasteiger partial charge is 0.180 e. The van der Waals surface area contributed by atoms with E-state index in [9.17, 15) is 0 Å². The van der Waals surface area contributed by atoms with Crippen molar-refractivity contribution in [3.05, 3.63) is 23.3 Å². The zero-order valence-corrected chi connectivity index (χ0v) is 10.3. The molecule has 2 N–H and O–H groups in total. The molecule has 0 saturated carbocycles. The topological polar surface area (TPSA) is 66.5 Å². The van der Waals surface area contributed by atoms with Crippen molar-refractivity contribution in [3.63, 3.8) is 0 Å². The van der Waals surface area contributed by atoms with E-state index in [1.807, 2.05) is 32.3 Å². The van der Waals surface area contributed by atoms with E-state index >= 15 is 0 Å². The number of pyridine rings is 1. The molecule has 0 radical (unpaired) electrons. The van der Waals surface area contributed by atoms with Crippen molar-refractivity contribution in [1.82, 2.24) is 19.9 Å². The summed E-state index contributed by atoms with van der Waals surface area (Å²) in [7, 11) is 1.84. The van der Waals surface area contributed by atoms with Crippen LogP contribution < -0.4 is 5.32 Å². The predicted molar refractivity (Wildman–Crippen MR) is 69.3 cm³/mol. The van der Waals surface area contributed by atoms with E-state index in [0.717, 1.165) is 32.7 Å². The molecule has 0 bridgehead atoms. The van der Waals surface area contributed by atoms with Gasteiger partial charge in [-0.05, 0) is 19.1 Å².